The Balaban J connectivity index is 1.65. The van der Waals surface area contributed by atoms with E-state index in [1.165, 1.54) is 6.42 Å². The lowest BCUT2D eigenvalue weighted by Crippen LogP contribution is -2.53. The molecule has 1 unspecified atom stereocenters. The summed E-state index contributed by atoms with van der Waals surface area (Å²) >= 11 is 6.12. The minimum Gasteiger partial charge on any atom is -0.352 e. The van der Waals surface area contributed by atoms with Crippen LogP contribution in [0.1, 0.15) is 54.4 Å². The Hall–Kier alpha value is -3.11. The molecule has 1 aliphatic rings. The Morgan fingerprint density at radius 1 is 0.889 bits per heavy atom. The number of hydrogen-bond acceptors (Lipinski definition) is 2. The molecule has 1 aliphatic carbocycles. The predicted octanol–water partition coefficient (Wildman–Crippen LogP) is 6.28. The summed E-state index contributed by atoms with van der Waals surface area (Å²) in [5, 5.41) is 3.94. The van der Waals surface area contributed by atoms with Gasteiger partial charge in [-0.3, -0.25) is 9.59 Å². The van der Waals surface area contributed by atoms with Crippen molar-refractivity contribution in [2.45, 2.75) is 70.5 Å². The van der Waals surface area contributed by atoms with E-state index >= 15 is 0 Å². The van der Waals surface area contributed by atoms with Crippen molar-refractivity contribution in [3.8, 4) is 0 Å². The Bertz CT molecular complexity index is 1140. The van der Waals surface area contributed by atoms with E-state index in [4.69, 9.17) is 11.6 Å². The van der Waals surface area contributed by atoms with Gasteiger partial charge in [-0.1, -0.05) is 97.6 Å². The maximum Gasteiger partial charge on any atom is 0.243 e. The van der Waals surface area contributed by atoms with Crippen LogP contribution < -0.4 is 5.32 Å². The van der Waals surface area contributed by atoms with Gasteiger partial charge in [-0.25, -0.2) is 0 Å². The molecule has 1 atom stereocenters. The molecule has 0 heterocycles. The quantitative estimate of drug-likeness (QED) is 0.374. The first-order valence-electron chi connectivity index (χ1n) is 12.9. The summed E-state index contributed by atoms with van der Waals surface area (Å²) in [6.07, 6.45) is 6.20. The van der Waals surface area contributed by atoms with Gasteiger partial charge in [-0.05, 0) is 54.2 Å². The molecule has 1 fully saturated rings. The molecular formula is C31H35ClN2O2. The summed E-state index contributed by atoms with van der Waals surface area (Å²) in [5.74, 6) is -0.128. The summed E-state index contributed by atoms with van der Waals surface area (Å²) in [5.41, 5.74) is 4.03. The molecule has 36 heavy (non-hydrogen) atoms. The van der Waals surface area contributed by atoms with E-state index in [-0.39, 0.29) is 24.3 Å². The molecule has 0 aliphatic heterocycles. The molecule has 4 nitrogen and oxygen atoms in total. The van der Waals surface area contributed by atoms with E-state index in [1.54, 1.807) is 4.90 Å². The second-order valence-electron chi connectivity index (χ2n) is 9.80. The van der Waals surface area contributed by atoms with E-state index < -0.39 is 6.04 Å². The summed E-state index contributed by atoms with van der Waals surface area (Å²) in [7, 11) is 0. The molecule has 5 heteroatoms. The zero-order valence-corrected chi connectivity index (χ0v) is 21.7. The number of carbonyl (C=O) groups is 2. The van der Waals surface area contributed by atoms with Crippen LogP contribution in [0.3, 0.4) is 0 Å². The number of benzene rings is 3. The third kappa shape index (κ3) is 7.20. The largest absolute Gasteiger partial charge is 0.352 e. The van der Waals surface area contributed by atoms with Gasteiger partial charge in [-0.15, -0.1) is 0 Å². The normalized spacial score (nSPS) is 14.7. The highest BCUT2D eigenvalue weighted by molar-refractivity contribution is 6.30. The van der Waals surface area contributed by atoms with E-state index in [2.05, 4.69) is 5.32 Å². The highest BCUT2D eigenvalue weighted by Crippen LogP contribution is 2.21. The van der Waals surface area contributed by atoms with Crippen molar-refractivity contribution < 1.29 is 9.59 Å². The van der Waals surface area contributed by atoms with Crippen LogP contribution >= 0.6 is 11.6 Å². The third-order valence-electron chi connectivity index (χ3n) is 7.09. The average molecular weight is 503 g/mol. The van der Waals surface area contributed by atoms with E-state index in [9.17, 15) is 9.59 Å². The van der Waals surface area contributed by atoms with Gasteiger partial charge in [0.1, 0.15) is 6.04 Å². The fourth-order valence-electron chi connectivity index (χ4n) is 4.96. The first kappa shape index (κ1) is 26.0. The minimum atomic E-state index is -0.610. The molecule has 2 amide bonds. The summed E-state index contributed by atoms with van der Waals surface area (Å²) in [6, 6.07) is 25.0. The second-order valence-corrected chi connectivity index (χ2v) is 10.2. The van der Waals surface area contributed by atoms with Gasteiger partial charge in [0.25, 0.3) is 0 Å². The molecular weight excluding hydrogens is 468 g/mol. The van der Waals surface area contributed by atoms with Gasteiger partial charge in [0, 0.05) is 24.0 Å². The van der Waals surface area contributed by atoms with Crippen LogP contribution in [0.15, 0.2) is 78.9 Å². The van der Waals surface area contributed by atoms with E-state index in [0.717, 1.165) is 47.9 Å². The molecule has 0 saturated heterocycles. The Kier molecular flexibility index (Phi) is 9.18. The smallest absolute Gasteiger partial charge is 0.243 e. The molecule has 0 bridgehead atoms. The van der Waals surface area contributed by atoms with Gasteiger partial charge in [0.15, 0.2) is 0 Å². The molecule has 4 rings (SSSR count). The molecule has 188 valence electrons. The van der Waals surface area contributed by atoms with Crippen LogP contribution in [0.25, 0.3) is 0 Å². The molecule has 0 aromatic heterocycles. The number of halogens is 1. The maximum atomic E-state index is 13.9. The summed E-state index contributed by atoms with van der Waals surface area (Å²) in [6.45, 7) is 2.36. The van der Waals surface area contributed by atoms with Crippen molar-refractivity contribution >= 4 is 23.4 Å². The zero-order valence-electron chi connectivity index (χ0n) is 21.0. The van der Waals surface area contributed by atoms with Crippen molar-refractivity contribution in [2.24, 2.45) is 0 Å². The number of amides is 2. The SMILES string of the molecule is Cc1ccccc1CC(=O)N(Cc1ccc(Cl)cc1)C(Cc1ccccc1)C(=O)NC1CCCCC1. The molecule has 0 radical (unpaired) electrons. The van der Waals surface area contributed by atoms with Crippen molar-refractivity contribution in [3.63, 3.8) is 0 Å². The Morgan fingerprint density at radius 2 is 1.56 bits per heavy atom. The van der Waals surface area contributed by atoms with E-state index in [0.29, 0.717) is 18.0 Å². The topological polar surface area (TPSA) is 49.4 Å². The van der Waals surface area contributed by atoms with Crippen LogP contribution in [0.2, 0.25) is 5.02 Å². The number of aryl methyl sites for hydroxylation is 1. The minimum absolute atomic E-state index is 0.0565. The van der Waals surface area contributed by atoms with Gasteiger partial charge >= 0.3 is 0 Å². The van der Waals surface area contributed by atoms with Crippen LogP contribution in [-0.4, -0.2) is 28.8 Å². The standard InChI is InChI=1S/C31H35ClN2O2/c1-23-10-8-9-13-26(23)21-30(35)34(22-25-16-18-27(32)19-17-25)29(20-24-11-4-2-5-12-24)31(36)33-28-14-6-3-7-15-28/h2,4-5,8-13,16-19,28-29H,3,6-7,14-15,20-22H2,1H3,(H,33,36). The van der Waals surface area contributed by atoms with Crippen molar-refractivity contribution in [3.05, 3.63) is 106 Å². The number of hydrogen-bond donors (Lipinski definition) is 1. The number of carbonyl (C=O) groups excluding carboxylic acids is 2. The number of nitrogens with one attached hydrogen (secondary N) is 1. The van der Waals surface area contributed by atoms with Gasteiger partial charge in [0.2, 0.25) is 11.8 Å². The third-order valence-corrected chi connectivity index (χ3v) is 7.34. The Morgan fingerprint density at radius 3 is 2.25 bits per heavy atom. The van der Waals surface area contributed by atoms with Gasteiger partial charge < -0.3 is 10.2 Å². The molecule has 1 N–H and O–H groups in total. The van der Waals surface area contributed by atoms with Crippen molar-refractivity contribution in [1.82, 2.24) is 10.2 Å². The van der Waals surface area contributed by atoms with Crippen molar-refractivity contribution in [1.29, 1.82) is 0 Å². The van der Waals surface area contributed by atoms with Crippen molar-refractivity contribution in [2.75, 3.05) is 0 Å². The first-order chi connectivity index (χ1) is 17.5. The van der Waals surface area contributed by atoms with Crippen LogP contribution in [0, 0.1) is 6.92 Å². The summed E-state index contributed by atoms with van der Waals surface area (Å²) < 4.78 is 0. The lowest BCUT2D eigenvalue weighted by molar-refractivity contribution is -0.141. The maximum absolute atomic E-state index is 13.9. The molecule has 3 aromatic rings. The lowest BCUT2D eigenvalue weighted by atomic mass is 9.94. The highest BCUT2D eigenvalue weighted by atomic mass is 35.5. The predicted molar refractivity (Wildman–Crippen MR) is 146 cm³/mol. The Labute approximate surface area is 219 Å². The van der Waals surface area contributed by atoms with Crippen LogP contribution in [0.4, 0.5) is 0 Å². The highest BCUT2D eigenvalue weighted by Gasteiger charge is 2.32. The van der Waals surface area contributed by atoms with Gasteiger partial charge in [-0.2, -0.15) is 0 Å². The monoisotopic (exact) mass is 502 g/mol. The molecule has 0 spiro atoms. The average Bonchev–Trinajstić information content (AvgIpc) is 2.89. The summed E-state index contributed by atoms with van der Waals surface area (Å²) in [4.78, 5) is 29.4. The molecule has 1 saturated carbocycles. The van der Waals surface area contributed by atoms with Gasteiger partial charge in [0.05, 0.1) is 6.42 Å². The van der Waals surface area contributed by atoms with Crippen LogP contribution in [-0.2, 0) is 29.0 Å². The fourth-order valence-corrected chi connectivity index (χ4v) is 5.08. The fraction of sp³-hybridized carbons (Fsp3) is 0.355. The lowest BCUT2D eigenvalue weighted by Gasteiger charge is -2.33. The van der Waals surface area contributed by atoms with E-state index in [1.807, 2.05) is 85.8 Å². The number of rotatable bonds is 9. The zero-order chi connectivity index (χ0) is 25.3. The second kappa shape index (κ2) is 12.7. The molecule has 3 aromatic carbocycles. The first-order valence-corrected chi connectivity index (χ1v) is 13.3. The van der Waals surface area contributed by atoms with Crippen LogP contribution in [0.5, 0.6) is 0 Å². The number of nitrogens with zero attached hydrogens (tertiary/aromatic N) is 1.